The largest absolute Gasteiger partial charge is 0.476 e. The molecule has 100 valence electrons. The second-order valence-corrected chi connectivity index (χ2v) is 5.04. The first kappa shape index (κ1) is 13.4. The first-order valence-electron chi connectivity index (χ1n) is 5.54. The number of thioether (sulfide) groups is 1. The lowest BCUT2D eigenvalue weighted by Crippen LogP contribution is -2.23. The van der Waals surface area contributed by atoms with Crippen LogP contribution in [-0.4, -0.2) is 51.1 Å². The van der Waals surface area contributed by atoms with E-state index in [0.717, 1.165) is 11.8 Å². The summed E-state index contributed by atoms with van der Waals surface area (Å²) in [5, 5.41) is 9.61. The highest BCUT2D eigenvalue weighted by Crippen LogP contribution is 2.23. The Balaban J connectivity index is 2.34. The topological polar surface area (TPSA) is 74.9 Å². The second kappa shape index (κ2) is 5.31. The van der Waals surface area contributed by atoms with Crippen LogP contribution in [0.5, 0.6) is 0 Å². The molecule has 0 saturated carbocycles. The van der Waals surface area contributed by atoms with Gasteiger partial charge in [0.1, 0.15) is 10.7 Å². The predicted octanol–water partition coefficient (Wildman–Crippen LogP) is 1.21. The summed E-state index contributed by atoms with van der Waals surface area (Å²) in [7, 11) is 3.31. The minimum absolute atomic E-state index is 0.0848. The summed E-state index contributed by atoms with van der Waals surface area (Å²) >= 11 is 1.13. The lowest BCUT2D eigenvalue weighted by Gasteiger charge is -2.08. The first-order chi connectivity index (χ1) is 9.00. The molecule has 0 bridgehead atoms. The molecule has 0 aliphatic rings. The predicted molar refractivity (Wildman–Crippen MR) is 71.6 cm³/mol. The van der Waals surface area contributed by atoms with Gasteiger partial charge in [-0.25, -0.2) is 9.78 Å². The van der Waals surface area contributed by atoms with E-state index in [1.165, 1.54) is 9.30 Å². The van der Waals surface area contributed by atoms with Crippen molar-refractivity contribution in [1.29, 1.82) is 0 Å². The average molecular weight is 279 g/mol. The summed E-state index contributed by atoms with van der Waals surface area (Å²) in [6.07, 6.45) is 1.64. The number of aromatic carboxylic acids is 1. The Bertz CT molecular complexity index is 636. The molecule has 1 N–H and O–H groups in total. The van der Waals surface area contributed by atoms with E-state index in [1.54, 1.807) is 38.5 Å². The van der Waals surface area contributed by atoms with Crippen LogP contribution < -0.4 is 0 Å². The van der Waals surface area contributed by atoms with Gasteiger partial charge in [0.05, 0.1) is 5.75 Å². The number of fused-ring (bicyclic) bond motifs is 1. The van der Waals surface area contributed by atoms with Crippen molar-refractivity contribution in [3.05, 3.63) is 30.1 Å². The van der Waals surface area contributed by atoms with Gasteiger partial charge in [0.25, 0.3) is 0 Å². The standard InChI is InChI=1S/C12H13N3O3S/c1-14(2)9(16)7-19-11-10(12(17)18)15-6-4-3-5-8(15)13-11/h3-6H,7H2,1-2H3,(H,17,18). The Labute approximate surface area is 114 Å². The Morgan fingerprint density at radius 3 is 2.79 bits per heavy atom. The number of carbonyl (C=O) groups is 2. The van der Waals surface area contributed by atoms with Crippen molar-refractivity contribution >= 4 is 29.3 Å². The fourth-order valence-corrected chi connectivity index (χ4v) is 2.53. The molecule has 0 fully saturated rings. The summed E-state index contributed by atoms with van der Waals surface area (Å²) in [5.41, 5.74) is 0.645. The number of hydrogen-bond acceptors (Lipinski definition) is 4. The van der Waals surface area contributed by atoms with Gasteiger partial charge in [0.15, 0.2) is 5.69 Å². The highest BCUT2D eigenvalue weighted by Gasteiger charge is 2.19. The zero-order valence-electron chi connectivity index (χ0n) is 10.5. The number of hydrogen-bond donors (Lipinski definition) is 1. The number of carboxylic acid groups (broad SMARTS) is 1. The van der Waals surface area contributed by atoms with Gasteiger partial charge < -0.3 is 10.0 Å². The van der Waals surface area contributed by atoms with Crippen molar-refractivity contribution < 1.29 is 14.7 Å². The van der Waals surface area contributed by atoms with E-state index in [-0.39, 0.29) is 17.4 Å². The van der Waals surface area contributed by atoms with Crippen LogP contribution in [0.15, 0.2) is 29.4 Å². The van der Waals surface area contributed by atoms with Crippen LogP contribution in [0, 0.1) is 0 Å². The Kier molecular flexibility index (Phi) is 3.75. The summed E-state index contributed by atoms with van der Waals surface area (Å²) in [6, 6.07) is 5.25. The normalized spacial score (nSPS) is 10.6. The minimum Gasteiger partial charge on any atom is -0.476 e. The van der Waals surface area contributed by atoms with Gasteiger partial charge in [0, 0.05) is 20.3 Å². The third-order valence-corrected chi connectivity index (χ3v) is 3.48. The van der Waals surface area contributed by atoms with Crippen LogP contribution in [0.1, 0.15) is 10.5 Å². The molecule has 2 heterocycles. The van der Waals surface area contributed by atoms with E-state index in [2.05, 4.69) is 4.98 Å². The summed E-state index contributed by atoms with van der Waals surface area (Å²) in [6.45, 7) is 0. The number of rotatable bonds is 4. The minimum atomic E-state index is -1.06. The van der Waals surface area contributed by atoms with Crippen molar-refractivity contribution in [3.8, 4) is 0 Å². The molecule has 0 unspecified atom stereocenters. The van der Waals surface area contributed by atoms with Gasteiger partial charge in [-0.1, -0.05) is 17.8 Å². The highest BCUT2D eigenvalue weighted by atomic mass is 32.2. The van der Waals surface area contributed by atoms with Crippen molar-refractivity contribution in [2.24, 2.45) is 0 Å². The molecule has 2 aromatic heterocycles. The number of imidazole rings is 1. The zero-order chi connectivity index (χ0) is 14.0. The molecule has 0 saturated heterocycles. The fraction of sp³-hybridized carbons (Fsp3) is 0.250. The molecule has 2 rings (SSSR count). The van der Waals surface area contributed by atoms with Crippen LogP contribution in [-0.2, 0) is 4.79 Å². The van der Waals surface area contributed by atoms with Gasteiger partial charge in [0.2, 0.25) is 5.91 Å². The van der Waals surface area contributed by atoms with E-state index in [4.69, 9.17) is 0 Å². The van der Waals surface area contributed by atoms with E-state index in [1.807, 2.05) is 0 Å². The SMILES string of the molecule is CN(C)C(=O)CSc1nc2ccccn2c1C(=O)O. The van der Waals surface area contributed by atoms with Gasteiger partial charge >= 0.3 is 5.97 Å². The molecular weight excluding hydrogens is 266 g/mol. The van der Waals surface area contributed by atoms with E-state index in [0.29, 0.717) is 10.7 Å². The second-order valence-electron chi connectivity index (χ2n) is 4.08. The smallest absolute Gasteiger partial charge is 0.355 e. The van der Waals surface area contributed by atoms with Gasteiger partial charge in [-0.15, -0.1) is 0 Å². The summed E-state index contributed by atoms with van der Waals surface area (Å²) in [4.78, 5) is 28.5. The number of pyridine rings is 1. The van der Waals surface area contributed by atoms with Gasteiger partial charge in [-0.2, -0.15) is 0 Å². The molecule has 0 spiro atoms. The lowest BCUT2D eigenvalue weighted by molar-refractivity contribution is -0.125. The van der Waals surface area contributed by atoms with Crippen molar-refractivity contribution in [3.63, 3.8) is 0 Å². The van der Waals surface area contributed by atoms with Crippen LogP contribution in [0.3, 0.4) is 0 Å². The Morgan fingerprint density at radius 2 is 2.16 bits per heavy atom. The van der Waals surface area contributed by atoms with E-state index in [9.17, 15) is 14.7 Å². The van der Waals surface area contributed by atoms with Crippen molar-refractivity contribution in [2.75, 3.05) is 19.8 Å². The molecule has 0 aliphatic heterocycles. The lowest BCUT2D eigenvalue weighted by atomic mass is 10.4. The maximum atomic E-state index is 11.5. The molecule has 7 heteroatoms. The molecule has 0 radical (unpaired) electrons. The Morgan fingerprint density at radius 1 is 1.42 bits per heavy atom. The van der Waals surface area contributed by atoms with E-state index >= 15 is 0 Å². The number of amides is 1. The first-order valence-corrected chi connectivity index (χ1v) is 6.52. The van der Waals surface area contributed by atoms with Crippen LogP contribution in [0.2, 0.25) is 0 Å². The Hall–Kier alpha value is -2.02. The van der Waals surface area contributed by atoms with Gasteiger partial charge in [-0.05, 0) is 12.1 Å². The molecule has 19 heavy (non-hydrogen) atoms. The molecule has 6 nitrogen and oxygen atoms in total. The number of aromatic nitrogens is 2. The van der Waals surface area contributed by atoms with Crippen LogP contribution in [0.25, 0.3) is 5.65 Å². The molecule has 0 atom stereocenters. The van der Waals surface area contributed by atoms with Crippen molar-refractivity contribution in [2.45, 2.75) is 5.03 Å². The van der Waals surface area contributed by atoms with Crippen LogP contribution >= 0.6 is 11.8 Å². The molecule has 2 aromatic rings. The highest BCUT2D eigenvalue weighted by molar-refractivity contribution is 8.00. The average Bonchev–Trinajstić information content (AvgIpc) is 2.73. The fourth-order valence-electron chi connectivity index (χ4n) is 1.53. The number of carbonyl (C=O) groups excluding carboxylic acids is 1. The van der Waals surface area contributed by atoms with Crippen molar-refractivity contribution in [1.82, 2.24) is 14.3 Å². The monoisotopic (exact) mass is 279 g/mol. The maximum Gasteiger partial charge on any atom is 0.355 e. The third kappa shape index (κ3) is 2.70. The zero-order valence-corrected chi connectivity index (χ0v) is 11.3. The molecular formula is C12H13N3O3S. The molecule has 1 amide bonds. The van der Waals surface area contributed by atoms with Gasteiger partial charge in [-0.3, -0.25) is 9.20 Å². The number of carboxylic acids is 1. The quantitative estimate of drug-likeness (QED) is 0.852. The number of nitrogens with zero attached hydrogens (tertiary/aromatic N) is 3. The van der Waals surface area contributed by atoms with E-state index < -0.39 is 5.97 Å². The summed E-state index contributed by atoms with van der Waals surface area (Å²) < 4.78 is 1.50. The molecule has 0 aliphatic carbocycles. The molecule has 0 aromatic carbocycles. The maximum absolute atomic E-state index is 11.5. The summed E-state index contributed by atoms with van der Waals surface area (Å²) in [5.74, 6) is -0.978. The third-order valence-electron chi connectivity index (χ3n) is 2.53. The van der Waals surface area contributed by atoms with Crippen LogP contribution in [0.4, 0.5) is 0 Å².